The van der Waals surface area contributed by atoms with E-state index in [9.17, 15) is 14.0 Å². The fourth-order valence-electron chi connectivity index (χ4n) is 1.99. The summed E-state index contributed by atoms with van der Waals surface area (Å²) in [5, 5.41) is 5.01. The second kappa shape index (κ2) is 5.64. The van der Waals surface area contributed by atoms with Gasteiger partial charge in [-0.3, -0.25) is 9.69 Å². The second-order valence-corrected chi connectivity index (χ2v) is 4.89. The summed E-state index contributed by atoms with van der Waals surface area (Å²) in [6.07, 6.45) is 1.21. The van der Waals surface area contributed by atoms with E-state index in [4.69, 9.17) is 16.3 Å². The Labute approximate surface area is 129 Å². The lowest BCUT2D eigenvalue weighted by atomic mass is 10.3. The minimum Gasteiger partial charge on any atom is -0.431 e. The van der Waals surface area contributed by atoms with Gasteiger partial charge in [0.2, 0.25) is 0 Å². The van der Waals surface area contributed by atoms with E-state index in [0.717, 1.165) is 6.07 Å². The molecule has 0 unspecified atom stereocenters. The number of benzene rings is 1. The van der Waals surface area contributed by atoms with Gasteiger partial charge in [-0.25, -0.2) is 9.18 Å². The minimum absolute atomic E-state index is 0.0392. The van der Waals surface area contributed by atoms with E-state index < -0.39 is 17.8 Å². The van der Waals surface area contributed by atoms with Crippen molar-refractivity contribution in [2.45, 2.75) is 0 Å². The van der Waals surface area contributed by atoms with Crippen molar-refractivity contribution in [3.63, 3.8) is 0 Å². The highest BCUT2D eigenvalue weighted by Gasteiger charge is 2.31. The third-order valence-electron chi connectivity index (χ3n) is 3.02. The molecule has 0 aromatic heterocycles. The number of halogens is 2. The maximum Gasteiger partial charge on any atom is 0.345 e. The Bertz CT molecular complexity index is 719. The van der Waals surface area contributed by atoms with Crippen molar-refractivity contribution in [1.29, 1.82) is 0 Å². The number of amides is 3. The van der Waals surface area contributed by atoms with Gasteiger partial charge in [0, 0.05) is 18.8 Å². The predicted molar refractivity (Wildman–Crippen MR) is 76.7 cm³/mol. The van der Waals surface area contributed by atoms with Crippen LogP contribution in [-0.4, -0.2) is 35.9 Å². The first-order valence-electron chi connectivity index (χ1n) is 6.32. The molecule has 0 radical (unpaired) electrons. The fraction of sp³-hybridized carbons (Fsp3) is 0.154. The number of ether oxygens (including phenoxy) is 1. The van der Waals surface area contributed by atoms with E-state index >= 15 is 0 Å². The maximum absolute atomic E-state index is 13.1. The molecule has 3 rings (SSSR count). The van der Waals surface area contributed by atoms with E-state index in [2.05, 4.69) is 15.6 Å². The fourth-order valence-corrected chi connectivity index (χ4v) is 2.17. The average Bonchev–Trinajstić information content (AvgIpc) is 2.77. The molecule has 7 nitrogen and oxygen atoms in total. The topological polar surface area (TPSA) is 83.0 Å². The molecule has 0 aliphatic carbocycles. The number of hydrogen-bond donors (Lipinski definition) is 2. The highest BCUT2D eigenvalue weighted by Crippen LogP contribution is 2.22. The van der Waals surface area contributed by atoms with Crippen LogP contribution >= 0.6 is 11.6 Å². The molecule has 0 spiro atoms. The molecule has 2 aliphatic heterocycles. The number of aliphatic imine (C=N–C) groups is 1. The van der Waals surface area contributed by atoms with Crippen LogP contribution in [0.5, 0.6) is 0 Å². The summed E-state index contributed by atoms with van der Waals surface area (Å²) in [5.41, 5.74) is 0.530. The molecular weight excluding hydrogens is 315 g/mol. The van der Waals surface area contributed by atoms with Crippen LogP contribution in [0.4, 0.5) is 14.9 Å². The van der Waals surface area contributed by atoms with Gasteiger partial charge in [0.25, 0.3) is 5.91 Å². The van der Waals surface area contributed by atoms with Crippen LogP contribution in [0.3, 0.4) is 0 Å². The number of amidine groups is 1. The summed E-state index contributed by atoms with van der Waals surface area (Å²) < 4.78 is 18.2. The lowest BCUT2D eigenvalue weighted by Crippen LogP contribution is -2.34. The summed E-state index contributed by atoms with van der Waals surface area (Å²) in [6.45, 7) is 0.663. The second-order valence-electron chi connectivity index (χ2n) is 4.48. The number of carbonyl (C=O) groups is 2. The van der Waals surface area contributed by atoms with Gasteiger partial charge in [0.05, 0.1) is 5.02 Å². The van der Waals surface area contributed by atoms with Crippen LogP contribution in [0, 0.1) is 5.82 Å². The molecule has 114 valence electrons. The first kappa shape index (κ1) is 14.3. The van der Waals surface area contributed by atoms with Gasteiger partial charge < -0.3 is 15.4 Å². The molecule has 0 bridgehead atoms. The van der Waals surface area contributed by atoms with Crippen LogP contribution in [0.2, 0.25) is 5.02 Å². The van der Waals surface area contributed by atoms with Crippen molar-refractivity contribution in [3.8, 4) is 0 Å². The molecule has 2 aliphatic rings. The van der Waals surface area contributed by atoms with Crippen LogP contribution in [0.1, 0.15) is 0 Å². The van der Waals surface area contributed by atoms with E-state index in [1.807, 2.05) is 0 Å². The molecular formula is C13H10ClFN4O3. The molecule has 22 heavy (non-hydrogen) atoms. The molecule has 0 atom stereocenters. The number of urea groups is 1. The van der Waals surface area contributed by atoms with Gasteiger partial charge in [-0.15, -0.1) is 4.99 Å². The zero-order chi connectivity index (χ0) is 15.7. The average molecular weight is 325 g/mol. The van der Waals surface area contributed by atoms with Crippen LogP contribution in [-0.2, 0) is 9.53 Å². The monoisotopic (exact) mass is 324 g/mol. The van der Waals surface area contributed by atoms with Crippen molar-refractivity contribution in [1.82, 2.24) is 10.2 Å². The first-order valence-corrected chi connectivity index (χ1v) is 6.69. The van der Waals surface area contributed by atoms with Crippen LogP contribution in [0.15, 0.2) is 35.2 Å². The van der Waals surface area contributed by atoms with Gasteiger partial charge in [0.1, 0.15) is 17.8 Å². The highest BCUT2D eigenvalue weighted by molar-refractivity contribution is 6.31. The van der Waals surface area contributed by atoms with Gasteiger partial charge in [-0.1, -0.05) is 11.6 Å². The molecule has 9 heteroatoms. The standard InChI is InChI=1S/C13H10ClFN4O3/c14-8-5-7(1-2-9(8)15)17-11(20)10-6-22-13-18-12(21)16-3-4-19(10)13/h1-2,5-6H,3-4H2,(H,16,21)(H,17,20). The van der Waals surface area contributed by atoms with Crippen molar-refractivity contribution in [2.75, 3.05) is 18.4 Å². The molecule has 3 amide bonds. The molecule has 2 N–H and O–H groups in total. The number of nitrogens with one attached hydrogen (secondary N) is 2. The van der Waals surface area contributed by atoms with E-state index in [1.54, 1.807) is 0 Å². The highest BCUT2D eigenvalue weighted by atomic mass is 35.5. The molecule has 0 saturated carbocycles. The number of anilines is 1. The third-order valence-corrected chi connectivity index (χ3v) is 3.31. The lowest BCUT2D eigenvalue weighted by Gasteiger charge is -2.17. The van der Waals surface area contributed by atoms with Crippen molar-refractivity contribution in [2.24, 2.45) is 4.99 Å². The van der Waals surface area contributed by atoms with Gasteiger partial charge in [0.15, 0.2) is 0 Å². The largest absolute Gasteiger partial charge is 0.431 e. The predicted octanol–water partition coefficient (Wildman–Crippen LogP) is 1.67. The van der Waals surface area contributed by atoms with E-state index in [0.29, 0.717) is 18.8 Å². The number of fused-ring (bicyclic) bond motifs is 1. The number of carbonyl (C=O) groups excluding carboxylic acids is 2. The van der Waals surface area contributed by atoms with Crippen molar-refractivity contribution >= 4 is 35.2 Å². The Balaban J connectivity index is 1.76. The molecule has 1 aromatic rings. The van der Waals surface area contributed by atoms with Gasteiger partial charge in [-0.05, 0) is 18.2 Å². The molecule has 0 fully saturated rings. The van der Waals surface area contributed by atoms with Crippen molar-refractivity contribution < 1.29 is 18.7 Å². The summed E-state index contributed by atoms with van der Waals surface area (Å²) >= 11 is 5.66. The minimum atomic E-state index is -0.574. The zero-order valence-corrected chi connectivity index (χ0v) is 11.9. The van der Waals surface area contributed by atoms with Crippen LogP contribution < -0.4 is 10.6 Å². The Morgan fingerprint density at radius 1 is 1.50 bits per heavy atom. The Morgan fingerprint density at radius 2 is 2.32 bits per heavy atom. The Kier molecular flexibility index (Phi) is 3.68. The van der Waals surface area contributed by atoms with Gasteiger partial charge >= 0.3 is 12.1 Å². The van der Waals surface area contributed by atoms with Gasteiger partial charge in [-0.2, -0.15) is 0 Å². The van der Waals surface area contributed by atoms with E-state index in [-0.39, 0.29) is 16.7 Å². The lowest BCUT2D eigenvalue weighted by molar-refractivity contribution is -0.113. The quantitative estimate of drug-likeness (QED) is 0.867. The molecule has 2 heterocycles. The smallest absolute Gasteiger partial charge is 0.345 e. The first-order chi connectivity index (χ1) is 10.5. The zero-order valence-electron chi connectivity index (χ0n) is 11.1. The van der Waals surface area contributed by atoms with Crippen molar-refractivity contribution in [3.05, 3.63) is 41.0 Å². The van der Waals surface area contributed by atoms with Crippen LogP contribution in [0.25, 0.3) is 0 Å². The molecule has 0 saturated heterocycles. The Hall–Kier alpha value is -2.61. The Morgan fingerprint density at radius 3 is 3.09 bits per heavy atom. The number of rotatable bonds is 2. The molecule has 1 aromatic carbocycles. The normalized spacial score (nSPS) is 16.8. The maximum atomic E-state index is 13.1. The third kappa shape index (κ3) is 2.73. The summed E-state index contributed by atoms with van der Waals surface area (Å²) in [4.78, 5) is 28.7. The number of hydrogen-bond acceptors (Lipinski definition) is 4. The summed E-state index contributed by atoms with van der Waals surface area (Å²) in [5.74, 6) is -1.06. The summed E-state index contributed by atoms with van der Waals surface area (Å²) in [6, 6.07) is 3.35. The van der Waals surface area contributed by atoms with E-state index in [1.165, 1.54) is 23.3 Å². The summed E-state index contributed by atoms with van der Waals surface area (Å²) in [7, 11) is 0. The SMILES string of the molecule is O=C1N=C2OC=C(C(=O)Nc3ccc(F)c(Cl)c3)N2CCN1. The number of nitrogens with zero attached hydrogens (tertiary/aromatic N) is 2.